The lowest BCUT2D eigenvalue weighted by Crippen LogP contribution is -2.31. The number of fused-ring (bicyclic) bond motifs is 1. The Labute approximate surface area is 168 Å². The van der Waals surface area contributed by atoms with Gasteiger partial charge >= 0.3 is 0 Å². The first kappa shape index (κ1) is 20.4. The topological polar surface area (TPSA) is 44.4 Å². The summed E-state index contributed by atoms with van der Waals surface area (Å²) in [4.78, 5) is 12.8. The van der Waals surface area contributed by atoms with Crippen molar-refractivity contribution < 1.29 is 4.74 Å². The Bertz CT molecular complexity index is 901. The van der Waals surface area contributed by atoms with Gasteiger partial charge in [-0.2, -0.15) is 0 Å². The minimum Gasteiger partial charge on any atom is -0.496 e. The van der Waals surface area contributed by atoms with E-state index in [0.29, 0.717) is 5.92 Å². The van der Waals surface area contributed by atoms with Crippen LogP contribution < -0.4 is 4.74 Å². The Morgan fingerprint density at radius 3 is 2.54 bits per heavy atom. The van der Waals surface area contributed by atoms with Gasteiger partial charge in [0.2, 0.25) is 0 Å². The standard InChI is InChI=1S/C23H32N4O/c1-17(2)22-20(19-10-8-12-24-23(19)25-22)16-27(14-13-26(3)4)15-18-9-6-7-11-21(18)28-5/h6-12,17H,13-16H2,1-5H3,(H,24,25). The van der Waals surface area contributed by atoms with E-state index in [0.717, 1.165) is 37.6 Å². The van der Waals surface area contributed by atoms with Gasteiger partial charge in [0.05, 0.1) is 7.11 Å². The summed E-state index contributed by atoms with van der Waals surface area (Å²) in [6.45, 7) is 8.19. The lowest BCUT2D eigenvalue weighted by molar-refractivity contribution is 0.223. The van der Waals surface area contributed by atoms with Crippen molar-refractivity contribution in [3.05, 3.63) is 59.4 Å². The van der Waals surface area contributed by atoms with Crippen LogP contribution in [-0.2, 0) is 13.1 Å². The number of aromatic amines is 1. The quantitative estimate of drug-likeness (QED) is 0.602. The van der Waals surface area contributed by atoms with Crippen molar-refractivity contribution in [2.45, 2.75) is 32.9 Å². The molecule has 0 aliphatic rings. The van der Waals surface area contributed by atoms with Crippen molar-refractivity contribution in [2.24, 2.45) is 0 Å². The molecule has 5 nitrogen and oxygen atoms in total. The van der Waals surface area contributed by atoms with Gasteiger partial charge in [-0.15, -0.1) is 0 Å². The third-order valence-corrected chi connectivity index (χ3v) is 5.12. The highest BCUT2D eigenvalue weighted by Gasteiger charge is 2.19. The molecule has 5 heteroatoms. The average molecular weight is 381 g/mol. The number of aromatic nitrogens is 2. The summed E-state index contributed by atoms with van der Waals surface area (Å²) in [5.41, 5.74) is 4.83. The van der Waals surface area contributed by atoms with Crippen LogP contribution in [0.2, 0.25) is 0 Å². The lowest BCUT2D eigenvalue weighted by atomic mass is 10.0. The van der Waals surface area contributed by atoms with Crippen LogP contribution in [-0.4, -0.2) is 54.1 Å². The van der Waals surface area contributed by atoms with Crippen molar-refractivity contribution in [1.82, 2.24) is 19.8 Å². The summed E-state index contributed by atoms with van der Waals surface area (Å²) in [5.74, 6) is 1.37. The van der Waals surface area contributed by atoms with Crippen LogP contribution in [0.5, 0.6) is 5.75 Å². The number of nitrogens with one attached hydrogen (secondary N) is 1. The van der Waals surface area contributed by atoms with E-state index in [1.807, 2.05) is 24.4 Å². The first-order valence-corrected chi connectivity index (χ1v) is 9.94. The molecule has 0 radical (unpaired) electrons. The molecule has 3 aromatic rings. The summed E-state index contributed by atoms with van der Waals surface area (Å²) in [5, 5.41) is 1.22. The smallest absolute Gasteiger partial charge is 0.137 e. The van der Waals surface area contributed by atoms with Gasteiger partial charge in [-0.25, -0.2) is 4.98 Å². The third-order valence-electron chi connectivity index (χ3n) is 5.12. The number of pyridine rings is 1. The molecule has 0 aliphatic heterocycles. The molecule has 150 valence electrons. The van der Waals surface area contributed by atoms with E-state index >= 15 is 0 Å². The lowest BCUT2D eigenvalue weighted by Gasteiger charge is -2.26. The minimum absolute atomic E-state index is 0.422. The molecule has 0 atom stereocenters. The Hall–Kier alpha value is -2.37. The van der Waals surface area contributed by atoms with E-state index in [2.05, 4.69) is 65.9 Å². The minimum atomic E-state index is 0.422. The van der Waals surface area contributed by atoms with Crippen LogP contribution in [0.4, 0.5) is 0 Å². The molecule has 0 amide bonds. The molecular formula is C23H32N4O. The fraction of sp³-hybridized carbons (Fsp3) is 0.435. The number of methoxy groups -OCH3 is 1. The number of ether oxygens (including phenoxy) is 1. The predicted molar refractivity (Wildman–Crippen MR) is 116 cm³/mol. The molecule has 0 aliphatic carbocycles. The van der Waals surface area contributed by atoms with Crippen LogP contribution in [0.1, 0.15) is 36.6 Å². The van der Waals surface area contributed by atoms with Crippen LogP contribution in [0.25, 0.3) is 11.0 Å². The number of nitrogens with zero attached hydrogens (tertiary/aromatic N) is 3. The highest BCUT2D eigenvalue weighted by molar-refractivity contribution is 5.81. The van der Waals surface area contributed by atoms with Gasteiger partial charge in [0, 0.05) is 49.0 Å². The monoisotopic (exact) mass is 380 g/mol. The Balaban J connectivity index is 1.93. The van der Waals surface area contributed by atoms with Crippen molar-refractivity contribution >= 4 is 11.0 Å². The van der Waals surface area contributed by atoms with Gasteiger partial charge in [0.25, 0.3) is 0 Å². The molecule has 0 saturated carbocycles. The average Bonchev–Trinajstić information content (AvgIpc) is 3.05. The fourth-order valence-corrected chi connectivity index (χ4v) is 3.61. The Morgan fingerprint density at radius 2 is 1.82 bits per heavy atom. The van der Waals surface area contributed by atoms with E-state index in [1.165, 1.54) is 22.2 Å². The number of hydrogen-bond donors (Lipinski definition) is 1. The molecule has 2 heterocycles. The second kappa shape index (κ2) is 9.22. The summed E-state index contributed by atoms with van der Waals surface area (Å²) in [7, 11) is 5.98. The zero-order valence-corrected chi connectivity index (χ0v) is 17.7. The maximum Gasteiger partial charge on any atom is 0.137 e. The van der Waals surface area contributed by atoms with Crippen LogP contribution in [0.15, 0.2) is 42.6 Å². The molecular weight excluding hydrogens is 348 g/mol. The molecule has 0 saturated heterocycles. The second-order valence-electron chi connectivity index (χ2n) is 7.90. The van der Waals surface area contributed by atoms with Gasteiger partial charge in [-0.1, -0.05) is 32.0 Å². The largest absolute Gasteiger partial charge is 0.496 e. The number of rotatable bonds is 9. The molecule has 0 unspecified atom stereocenters. The molecule has 2 aromatic heterocycles. The second-order valence-corrected chi connectivity index (χ2v) is 7.90. The highest BCUT2D eigenvalue weighted by Crippen LogP contribution is 2.29. The maximum atomic E-state index is 5.59. The number of likely N-dealkylation sites (N-methyl/N-ethyl adjacent to an activating group) is 1. The molecule has 0 spiro atoms. The van der Waals surface area contributed by atoms with Crippen molar-refractivity contribution in [2.75, 3.05) is 34.3 Å². The Morgan fingerprint density at radius 1 is 1.04 bits per heavy atom. The predicted octanol–water partition coefficient (Wildman–Crippen LogP) is 4.26. The van der Waals surface area contributed by atoms with Gasteiger partial charge in [0.1, 0.15) is 11.4 Å². The maximum absolute atomic E-state index is 5.59. The van der Waals surface area contributed by atoms with Gasteiger partial charge in [-0.05, 0) is 43.8 Å². The first-order chi connectivity index (χ1) is 13.5. The summed E-state index contributed by atoms with van der Waals surface area (Å²) in [6, 6.07) is 12.5. The molecule has 1 aromatic carbocycles. The summed E-state index contributed by atoms with van der Waals surface area (Å²) < 4.78 is 5.59. The van der Waals surface area contributed by atoms with Gasteiger partial charge < -0.3 is 14.6 Å². The number of benzene rings is 1. The molecule has 0 bridgehead atoms. The SMILES string of the molecule is COc1ccccc1CN(CCN(C)C)Cc1c(C(C)C)[nH]c2ncccc12. The van der Waals surface area contributed by atoms with Crippen molar-refractivity contribution in [3.63, 3.8) is 0 Å². The van der Waals surface area contributed by atoms with E-state index in [9.17, 15) is 0 Å². The van der Waals surface area contributed by atoms with E-state index in [1.54, 1.807) is 7.11 Å². The highest BCUT2D eigenvalue weighted by atomic mass is 16.5. The molecule has 0 fully saturated rings. The van der Waals surface area contributed by atoms with E-state index in [-0.39, 0.29) is 0 Å². The third kappa shape index (κ3) is 4.72. The zero-order valence-electron chi connectivity index (χ0n) is 17.7. The molecule has 28 heavy (non-hydrogen) atoms. The molecule has 3 rings (SSSR count). The normalized spacial score (nSPS) is 11.9. The summed E-state index contributed by atoms with van der Waals surface area (Å²) in [6.07, 6.45) is 1.85. The Kier molecular flexibility index (Phi) is 6.70. The number of H-pyrrole nitrogens is 1. The molecule has 1 N–H and O–H groups in total. The van der Waals surface area contributed by atoms with E-state index in [4.69, 9.17) is 4.74 Å². The fourth-order valence-electron chi connectivity index (χ4n) is 3.61. The van der Waals surface area contributed by atoms with Crippen molar-refractivity contribution in [3.8, 4) is 5.75 Å². The summed E-state index contributed by atoms with van der Waals surface area (Å²) >= 11 is 0. The number of para-hydroxylation sites is 1. The number of hydrogen-bond acceptors (Lipinski definition) is 4. The van der Waals surface area contributed by atoms with Crippen LogP contribution in [0, 0.1) is 0 Å². The van der Waals surface area contributed by atoms with Gasteiger partial charge in [0.15, 0.2) is 0 Å². The first-order valence-electron chi connectivity index (χ1n) is 9.94. The zero-order chi connectivity index (χ0) is 20.1. The van der Waals surface area contributed by atoms with Crippen LogP contribution in [0.3, 0.4) is 0 Å². The van der Waals surface area contributed by atoms with Crippen LogP contribution >= 0.6 is 0 Å². The van der Waals surface area contributed by atoms with Crippen molar-refractivity contribution in [1.29, 1.82) is 0 Å². The van der Waals surface area contributed by atoms with Gasteiger partial charge in [-0.3, -0.25) is 4.90 Å². The van der Waals surface area contributed by atoms with E-state index < -0.39 is 0 Å².